The van der Waals surface area contributed by atoms with Crippen LogP contribution in [0.3, 0.4) is 0 Å². The maximum Gasteiger partial charge on any atom is 0.254 e. The number of fused-ring (bicyclic) bond motifs is 1. The molecule has 0 spiro atoms. The molecule has 5 nitrogen and oxygen atoms in total. The minimum Gasteiger partial charge on any atom is -0.314 e. The Labute approximate surface area is 111 Å². The van der Waals surface area contributed by atoms with Crippen LogP contribution in [0.1, 0.15) is 17.8 Å². The van der Waals surface area contributed by atoms with E-state index >= 15 is 0 Å². The van der Waals surface area contributed by atoms with Gasteiger partial charge in [0.05, 0.1) is 11.2 Å². The predicted octanol–water partition coefficient (Wildman–Crippen LogP) is 0.824. The van der Waals surface area contributed by atoms with Crippen LogP contribution in [-0.2, 0) is 10.0 Å². The Morgan fingerprint density at radius 1 is 1.50 bits per heavy atom. The van der Waals surface area contributed by atoms with Crippen LogP contribution in [0.2, 0.25) is 0 Å². The third-order valence-electron chi connectivity index (χ3n) is 3.81. The van der Waals surface area contributed by atoms with Gasteiger partial charge in [-0.2, -0.15) is 4.31 Å². The second-order valence-electron chi connectivity index (χ2n) is 4.96. The lowest BCUT2D eigenvalue weighted by atomic mass is 9.95. The summed E-state index contributed by atoms with van der Waals surface area (Å²) in [7, 11) is -3.32. The monoisotopic (exact) mass is 287 g/mol. The first-order valence-corrected chi connectivity index (χ1v) is 8.49. The van der Waals surface area contributed by atoms with E-state index in [2.05, 4.69) is 10.3 Å². The van der Waals surface area contributed by atoms with Crippen molar-refractivity contribution in [1.82, 2.24) is 14.6 Å². The van der Waals surface area contributed by atoms with Crippen LogP contribution in [0.5, 0.6) is 0 Å². The summed E-state index contributed by atoms with van der Waals surface area (Å²) in [5, 5.41) is 4.24. The first-order chi connectivity index (χ1) is 8.57. The van der Waals surface area contributed by atoms with Crippen molar-refractivity contribution in [2.24, 2.45) is 5.92 Å². The van der Waals surface area contributed by atoms with Crippen molar-refractivity contribution >= 4 is 21.4 Å². The fraction of sp³-hybridized carbons (Fsp3) is 0.727. The lowest BCUT2D eigenvalue weighted by molar-refractivity contribution is 0.247. The topological polar surface area (TPSA) is 62.3 Å². The van der Waals surface area contributed by atoms with E-state index in [4.69, 9.17) is 0 Å². The van der Waals surface area contributed by atoms with Crippen LogP contribution in [0.25, 0.3) is 0 Å². The molecule has 1 aromatic rings. The summed E-state index contributed by atoms with van der Waals surface area (Å²) in [6.07, 6.45) is 3.48. The van der Waals surface area contributed by atoms with Gasteiger partial charge in [0.25, 0.3) is 10.0 Å². The van der Waals surface area contributed by atoms with Crippen LogP contribution in [0.15, 0.2) is 10.4 Å². The van der Waals surface area contributed by atoms with E-state index in [-0.39, 0.29) is 0 Å². The van der Waals surface area contributed by atoms with Crippen molar-refractivity contribution < 1.29 is 8.42 Å². The molecule has 7 heteroatoms. The Morgan fingerprint density at radius 3 is 3.06 bits per heavy atom. The molecule has 0 amide bonds. The molecule has 18 heavy (non-hydrogen) atoms. The summed E-state index contributed by atoms with van der Waals surface area (Å²) in [4.78, 5) is 4.04. The summed E-state index contributed by atoms with van der Waals surface area (Å²) in [6.45, 7) is 4.12. The second-order valence-corrected chi connectivity index (χ2v) is 8.36. The van der Waals surface area contributed by atoms with Gasteiger partial charge in [-0.05, 0) is 32.2 Å². The molecule has 0 bridgehead atoms. The van der Waals surface area contributed by atoms with Crippen LogP contribution in [0.4, 0.5) is 0 Å². The maximum absolute atomic E-state index is 12.5. The van der Waals surface area contributed by atoms with Gasteiger partial charge in [0, 0.05) is 19.1 Å². The highest BCUT2D eigenvalue weighted by atomic mass is 32.2. The van der Waals surface area contributed by atoms with E-state index in [1.54, 1.807) is 4.31 Å². The number of aryl methyl sites for hydroxylation is 1. The lowest BCUT2D eigenvalue weighted by Gasteiger charge is -2.33. The zero-order valence-electron chi connectivity index (χ0n) is 10.3. The molecule has 2 unspecified atom stereocenters. The Kier molecular flexibility index (Phi) is 3.17. The summed E-state index contributed by atoms with van der Waals surface area (Å²) in [5.41, 5.74) is 0. The van der Waals surface area contributed by atoms with Crippen molar-refractivity contribution in [3.8, 4) is 0 Å². The van der Waals surface area contributed by atoms with Crippen molar-refractivity contribution in [2.75, 3.05) is 19.6 Å². The van der Waals surface area contributed by atoms with E-state index in [9.17, 15) is 8.42 Å². The Bertz CT molecular complexity index is 540. The molecular weight excluding hydrogens is 270 g/mol. The van der Waals surface area contributed by atoms with E-state index in [1.165, 1.54) is 17.5 Å². The van der Waals surface area contributed by atoms with Crippen LogP contribution >= 0.6 is 11.3 Å². The van der Waals surface area contributed by atoms with Crippen molar-refractivity contribution in [2.45, 2.75) is 30.0 Å². The summed E-state index contributed by atoms with van der Waals surface area (Å²) >= 11 is 1.26. The van der Waals surface area contributed by atoms with Crippen molar-refractivity contribution in [3.63, 3.8) is 0 Å². The van der Waals surface area contributed by atoms with E-state index in [0.717, 1.165) is 24.4 Å². The molecule has 2 aliphatic heterocycles. The van der Waals surface area contributed by atoms with Gasteiger partial charge >= 0.3 is 0 Å². The van der Waals surface area contributed by atoms with Crippen LogP contribution < -0.4 is 5.32 Å². The number of hydrogen-bond donors (Lipinski definition) is 1. The first kappa shape index (κ1) is 12.5. The lowest BCUT2D eigenvalue weighted by Crippen LogP contribution is -2.46. The highest BCUT2D eigenvalue weighted by molar-refractivity contribution is 7.91. The van der Waals surface area contributed by atoms with Crippen LogP contribution in [0, 0.1) is 12.8 Å². The summed E-state index contributed by atoms with van der Waals surface area (Å²) < 4.78 is 26.9. The zero-order chi connectivity index (χ0) is 12.8. The first-order valence-electron chi connectivity index (χ1n) is 6.23. The molecule has 0 aromatic carbocycles. The Hall–Kier alpha value is -0.500. The van der Waals surface area contributed by atoms with E-state index in [0.29, 0.717) is 29.3 Å². The molecule has 0 saturated carbocycles. The predicted molar refractivity (Wildman–Crippen MR) is 70.1 cm³/mol. The molecular formula is C11H17N3O2S2. The molecule has 2 aliphatic rings. The number of piperidine rings is 1. The summed E-state index contributed by atoms with van der Waals surface area (Å²) in [5.74, 6) is 0.475. The Morgan fingerprint density at radius 2 is 2.33 bits per heavy atom. The normalized spacial score (nSPS) is 29.4. The van der Waals surface area contributed by atoms with Gasteiger partial charge < -0.3 is 5.32 Å². The highest BCUT2D eigenvalue weighted by Crippen LogP contribution is 2.30. The molecule has 1 N–H and O–H groups in total. The molecule has 3 rings (SSSR count). The number of sulfonamides is 1. The average molecular weight is 287 g/mol. The largest absolute Gasteiger partial charge is 0.314 e. The van der Waals surface area contributed by atoms with Gasteiger partial charge in [-0.1, -0.05) is 0 Å². The molecule has 2 saturated heterocycles. The smallest absolute Gasteiger partial charge is 0.254 e. The number of nitrogens with zero attached hydrogens (tertiary/aromatic N) is 2. The number of rotatable bonds is 2. The molecule has 100 valence electrons. The molecule has 3 heterocycles. The Balaban J connectivity index is 1.82. The third kappa shape index (κ3) is 2.09. The van der Waals surface area contributed by atoms with Crippen molar-refractivity contribution in [1.29, 1.82) is 0 Å². The highest BCUT2D eigenvalue weighted by Gasteiger charge is 2.38. The van der Waals surface area contributed by atoms with Gasteiger partial charge in [-0.15, -0.1) is 11.3 Å². The van der Waals surface area contributed by atoms with Gasteiger partial charge in [-0.25, -0.2) is 13.4 Å². The number of hydrogen-bond acceptors (Lipinski definition) is 5. The van der Waals surface area contributed by atoms with E-state index in [1.807, 2.05) is 6.92 Å². The number of aromatic nitrogens is 1. The van der Waals surface area contributed by atoms with Crippen LogP contribution in [-0.4, -0.2) is 43.4 Å². The number of thiazole rings is 1. The summed E-state index contributed by atoms with van der Waals surface area (Å²) in [6, 6.07) is 0.514. The van der Waals surface area contributed by atoms with Crippen molar-refractivity contribution in [3.05, 3.63) is 11.2 Å². The van der Waals surface area contributed by atoms with E-state index < -0.39 is 10.0 Å². The molecule has 0 radical (unpaired) electrons. The number of nitrogens with one attached hydrogen (secondary N) is 1. The third-order valence-corrected chi connectivity index (χ3v) is 7.03. The zero-order valence-corrected chi connectivity index (χ0v) is 11.9. The van der Waals surface area contributed by atoms with Gasteiger partial charge in [0.2, 0.25) is 0 Å². The fourth-order valence-corrected chi connectivity index (χ4v) is 5.60. The molecule has 2 fully saturated rings. The average Bonchev–Trinajstić information content (AvgIpc) is 2.96. The quantitative estimate of drug-likeness (QED) is 0.875. The fourth-order valence-electron chi connectivity index (χ4n) is 2.82. The van der Waals surface area contributed by atoms with Gasteiger partial charge in [0.15, 0.2) is 4.21 Å². The molecule has 2 atom stereocenters. The minimum atomic E-state index is -3.32. The SMILES string of the molecule is Cc1ncc(S(=O)(=O)N2CCC3NCCC3C2)s1. The minimum absolute atomic E-state index is 0.379. The van der Waals surface area contributed by atoms with Gasteiger partial charge in [-0.3, -0.25) is 0 Å². The second kappa shape index (κ2) is 4.56. The molecule has 0 aliphatic carbocycles. The molecule has 1 aromatic heterocycles. The maximum atomic E-state index is 12.5. The van der Waals surface area contributed by atoms with Gasteiger partial charge in [0.1, 0.15) is 0 Å². The standard InChI is InChI=1S/C11H17N3O2S2/c1-8-13-6-11(17-8)18(15,16)14-5-3-10-9(7-14)2-4-12-10/h6,9-10,12H,2-5,7H2,1H3.